The van der Waals surface area contributed by atoms with Crippen LogP contribution in [0.15, 0.2) is 49.1 Å². The van der Waals surface area contributed by atoms with Crippen LogP contribution in [-0.2, 0) is 13.0 Å². The minimum atomic E-state index is 0.302. The number of imidazole rings is 1. The highest BCUT2D eigenvalue weighted by Gasteiger charge is 2.39. The van der Waals surface area contributed by atoms with Crippen LogP contribution in [0.4, 0.5) is 0 Å². The van der Waals surface area contributed by atoms with E-state index >= 15 is 0 Å². The van der Waals surface area contributed by atoms with E-state index in [-0.39, 0.29) is 0 Å². The molecule has 20 heavy (non-hydrogen) atoms. The van der Waals surface area contributed by atoms with Crippen LogP contribution in [0.3, 0.4) is 0 Å². The second-order valence-corrected chi connectivity index (χ2v) is 8.85. The number of benzene rings is 1. The molecule has 1 aliphatic rings. The van der Waals surface area contributed by atoms with Crippen LogP contribution in [0, 0.1) is 0 Å². The zero-order valence-corrected chi connectivity index (χ0v) is 13.4. The van der Waals surface area contributed by atoms with Gasteiger partial charge in [-0.05, 0) is 18.4 Å². The quantitative estimate of drug-likeness (QED) is 0.829. The maximum atomic E-state index is 4.18. The van der Waals surface area contributed by atoms with E-state index in [9.17, 15) is 0 Å². The van der Waals surface area contributed by atoms with Gasteiger partial charge in [0.2, 0.25) is 0 Å². The van der Waals surface area contributed by atoms with Crippen molar-refractivity contribution in [3.8, 4) is 0 Å². The molecule has 0 spiro atoms. The molecule has 1 aromatic carbocycles. The fraction of sp³-hybridized carbons (Fsp3) is 0.438. The summed E-state index contributed by atoms with van der Waals surface area (Å²) in [5.74, 6) is 1.26. The zero-order valence-electron chi connectivity index (χ0n) is 11.7. The summed E-state index contributed by atoms with van der Waals surface area (Å²) >= 11 is 4.27. The van der Waals surface area contributed by atoms with E-state index < -0.39 is 0 Å². The maximum Gasteiger partial charge on any atom is 0.0946 e. The summed E-state index contributed by atoms with van der Waals surface area (Å²) in [6.07, 6.45) is 8.26. The number of thioether (sulfide) groups is 2. The van der Waals surface area contributed by atoms with E-state index in [1.165, 1.54) is 17.7 Å². The summed E-state index contributed by atoms with van der Waals surface area (Å²) < 4.78 is 2.53. The Hall–Kier alpha value is -0.870. The van der Waals surface area contributed by atoms with Crippen LogP contribution in [-0.4, -0.2) is 24.6 Å². The van der Waals surface area contributed by atoms with Gasteiger partial charge in [-0.15, -0.1) is 23.5 Å². The molecule has 2 unspecified atom stereocenters. The van der Waals surface area contributed by atoms with Crippen LogP contribution in [0.1, 0.15) is 18.9 Å². The van der Waals surface area contributed by atoms with Crippen LogP contribution < -0.4 is 0 Å². The molecule has 4 heteroatoms. The van der Waals surface area contributed by atoms with Gasteiger partial charge >= 0.3 is 0 Å². The Kier molecular flexibility index (Phi) is 4.41. The highest BCUT2D eigenvalue weighted by atomic mass is 32.2. The molecule has 0 aliphatic carbocycles. The highest BCUT2D eigenvalue weighted by Crippen LogP contribution is 2.51. The Bertz CT molecular complexity index is 527. The van der Waals surface area contributed by atoms with Gasteiger partial charge in [-0.3, -0.25) is 0 Å². The van der Waals surface area contributed by atoms with Crippen molar-refractivity contribution in [2.45, 2.75) is 35.6 Å². The Morgan fingerprint density at radius 3 is 2.85 bits per heavy atom. The molecule has 0 saturated carbocycles. The van der Waals surface area contributed by atoms with Crippen molar-refractivity contribution < 1.29 is 0 Å². The molecule has 1 saturated heterocycles. The van der Waals surface area contributed by atoms with Gasteiger partial charge in [0.05, 0.1) is 10.4 Å². The second kappa shape index (κ2) is 6.27. The van der Waals surface area contributed by atoms with Crippen molar-refractivity contribution >= 4 is 23.5 Å². The van der Waals surface area contributed by atoms with E-state index in [0.717, 1.165) is 18.2 Å². The predicted octanol–water partition coefficient (Wildman–Crippen LogP) is 4.08. The van der Waals surface area contributed by atoms with Crippen molar-refractivity contribution in [3.05, 3.63) is 54.6 Å². The first-order chi connectivity index (χ1) is 9.76. The standard InChI is InChI=1S/C16H20N2S2/c1-14-11-19-16(20-14,12-18-10-9-17-13-18)8-7-15-5-3-2-4-6-15/h2-6,9-10,13-14H,7-8,11-12H2,1H3. The fourth-order valence-corrected chi connectivity index (χ4v) is 6.28. The summed E-state index contributed by atoms with van der Waals surface area (Å²) in [7, 11) is 0. The summed E-state index contributed by atoms with van der Waals surface area (Å²) in [6, 6.07) is 10.8. The van der Waals surface area contributed by atoms with Crippen LogP contribution in [0.25, 0.3) is 0 Å². The van der Waals surface area contributed by atoms with Crippen LogP contribution >= 0.6 is 23.5 Å². The van der Waals surface area contributed by atoms with E-state index in [1.54, 1.807) is 0 Å². The lowest BCUT2D eigenvalue weighted by Crippen LogP contribution is -2.25. The third-order valence-corrected chi connectivity index (χ3v) is 7.33. The van der Waals surface area contributed by atoms with Gasteiger partial charge in [0.15, 0.2) is 0 Å². The van der Waals surface area contributed by atoms with E-state index in [0.29, 0.717) is 4.08 Å². The first-order valence-corrected chi connectivity index (χ1v) is 8.94. The molecule has 1 aliphatic heterocycles. The van der Waals surface area contributed by atoms with E-state index in [2.05, 4.69) is 76.5 Å². The summed E-state index contributed by atoms with van der Waals surface area (Å²) in [4.78, 5) is 4.18. The molecule has 0 amide bonds. The summed E-state index contributed by atoms with van der Waals surface area (Å²) in [6.45, 7) is 3.40. The summed E-state index contributed by atoms with van der Waals surface area (Å²) in [5.41, 5.74) is 1.44. The number of hydrogen-bond donors (Lipinski definition) is 0. The first-order valence-electron chi connectivity index (χ1n) is 7.07. The van der Waals surface area contributed by atoms with Gasteiger partial charge in [-0.2, -0.15) is 0 Å². The Morgan fingerprint density at radius 2 is 2.20 bits per heavy atom. The molecule has 0 radical (unpaired) electrons. The number of aryl methyl sites for hydroxylation is 1. The molecule has 3 rings (SSSR count). The molecule has 0 N–H and O–H groups in total. The topological polar surface area (TPSA) is 17.8 Å². The van der Waals surface area contributed by atoms with Gasteiger partial charge in [-0.25, -0.2) is 4.98 Å². The third-order valence-electron chi connectivity index (χ3n) is 3.62. The first kappa shape index (κ1) is 14.1. The molecule has 106 valence electrons. The molecule has 2 nitrogen and oxygen atoms in total. The molecule has 0 bridgehead atoms. The van der Waals surface area contributed by atoms with Crippen LogP contribution in [0.5, 0.6) is 0 Å². The molecule has 2 heterocycles. The number of hydrogen-bond acceptors (Lipinski definition) is 3. The second-order valence-electron chi connectivity index (χ2n) is 5.37. The van der Waals surface area contributed by atoms with Crippen molar-refractivity contribution in [3.63, 3.8) is 0 Å². The average molecular weight is 304 g/mol. The van der Waals surface area contributed by atoms with Gasteiger partial charge in [0, 0.05) is 29.9 Å². The maximum absolute atomic E-state index is 4.18. The smallest absolute Gasteiger partial charge is 0.0946 e. The third kappa shape index (κ3) is 3.41. The van der Waals surface area contributed by atoms with E-state index in [4.69, 9.17) is 0 Å². The monoisotopic (exact) mass is 304 g/mol. The molecule has 1 fully saturated rings. The van der Waals surface area contributed by atoms with Crippen molar-refractivity contribution in [1.29, 1.82) is 0 Å². The zero-order chi connectivity index (χ0) is 13.8. The minimum Gasteiger partial charge on any atom is -0.335 e. The lowest BCUT2D eigenvalue weighted by molar-refractivity contribution is 0.592. The van der Waals surface area contributed by atoms with Gasteiger partial charge in [-0.1, -0.05) is 37.3 Å². The Labute approximate surface area is 129 Å². The van der Waals surface area contributed by atoms with Gasteiger partial charge in [0.25, 0.3) is 0 Å². The molecule has 2 aromatic rings. The van der Waals surface area contributed by atoms with Crippen molar-refractivity contribution in [2.24, 2.45) is 0 Å². The average Bonchev–Trinajstić information content (AvgIpc) is 3.09. The van der Waals surface area contributed by atoms with E-state index in [1.807, 2.05) is 12.5 Å². The predicted molar refractivity (Wildman–Crippen MR) is 89.2 cm³/mol. The van der Waals surface area contributed by atoms with Crippen LogP contribution in [0.2, 0.25) is 0 Å². The number of nitrogens with zero attached hydrogens (tertiary/aromatic N) is 2. The van der Waals surface area contributed by atoms with Gasteiger partial charge < -0.3 is 4.57 Å². The Morgan fingerprint density at radius 1 is 1.35 bits per heavy atom. The summed E-state index contributed by atoms with van der Waals surface area (Å²) in [5, 5.41) is 0.749. The minimum absolute atomic E-state index is 0.302. The fourth-order valence-electron chi connectivity index (χ4n) is 2.63. The molecular weight excluding hydrogens is 284 g/mol. The number of aromatic nitrogens is 2. The molecule has 1 aromatic heterocycles. The SMILES string of the molecule is CC1CSC(CCc2ccccc2)(Cn2ccnc2)S1. The Balaban J connectivity index is 1.70. The number of rotatable bonds is 5. The molecule has 2 atom stereocenters. The van der Waals surface area contributed by atoms with Crippen molar-refractivity contribution in [1.82, 2.24) is 9.55 Å². The van der Waals surface area contributed by atoms with Crippen molar-refractivity contribution in [2.75, 3.05) is 5.75 Å². The highest BCUT2D eigenvalue weighted by molar-refractivity contribution is 8.21. The largest absolute Gasteiger partial charge is 0.335 e. The van der Waals surface area contributed by atoms with Gasteiger partial charge in [0.1, 0.15) is 0 Å². The molecular formula is C16H20N2S2. The normalized spacial score (nSPS) is 25.9. The lowest BCUT2D eigenvalue weighted by Gasteiger charge is -2.28. The lowest BCUT2D eigenvalue weighted by atomic mass is 10.1.